The molecular formula is C20H19ClN2O3S. The number of halogens is 1. The highest BCUT2D eigenvalue weighted by atomic mass is 35.5. The molecule has 27 heavy (non-hydrogen) atoms. The average molecular weight is 403 g/mol. The summed E-state index contributed by atoms with van der Waals surface area (Å²) in [5, 5.41) is 1.59. The molecule has 0 saturated carbocycles. The van der Waals surface area contributed by atoms with Crippen molar-refractivity contribution in [3.8, 4) is 5.75 Å². The van der Waals surface area contributed by atoms with Gasteiger partial charge in [0.25, 0.3) is 0 Å². The van der Waals surface area contributed by atoms with Crippen molar-refractivity contribution in [1.29, 1.82) is 0 Å². The fraction of sp³-hybridized carbons (Fsp3) is 0.250. The largest absolute Gasteiger partial charge is 0.487 e. The fourth-order valence-electron chi connectivity index (χ4n) is 3.28. The molecule has 3 aromatic rings. The molecule has 7 heteroatoms. The van der Waals surface area contributed by atoms with Crippen LogP contribution in [0.2, 0.25) is 5.02 Å². The monoisotopic (exact) mass is 402 g/mol. The second-order valence-electron chi connectivity index (χ2n) is 6.60. The minimum Gasteiger partial charge on any atom is -0.487 e. The molecule has 1 unspecified atom stereocenters. The Hall–Kier alpha value is -2.15. The van der Waals surface area contributed by atoms with E-state index in [0.29, 0.717) is 30.3 Å². The Balaban J connectivity index is 1.45. The summed E-state index contributed by atoms with van der Waals surface area (Å²) < 4.78 is 33.0. The van der Waals surface area contributed by atoms with Crippen LogP contribution in [0.3, 0.4) is 0 Å². The molecule has 0 N–H and O–H groups in total. The first-order valence-electron chi connectivity index (χ1n) is 8.74. The lowest BCUT2D eigenvalue weighted by Gasteiger charge is -2.18. The zero-order valence-corrected chi connectivity index (χ0v) is 16.2. The van der Waals surface area contributed by atoms with Gasteiger partial charge in [0.1, 0.15) is 17.4 Å². The van der Waals surface area contributed by atoms with Crippen molar-refractivity contribution in [2.45, 2.75) is 18.3 Å². The smallest absolute Gasteiger partial charge is 0.218 e. The van der Waals surface area contributed by atoms with E-state index < -0.39 is 10.0 Å². The summed E-state index contributed by atoms with van der Waals surface area (Å²) in [7, 11) is -3.40. The first kappa shape index (κ1) is 18.2. The molecule has 1 fully saturated rings. The minimum atomic E-state index is -3.40. The maximum absolute atomic E-state index is 12.7. The number of rotatable bonds is 5. The van der Waals surface area contributed by atoms with Gasteiger partial charge in [0.15, 0.2) is 0 Å². The lowest BCUT2D eigenvalue weighted by atomic mass is 10.2. The molecule has 1 saturated heterocycles. The first-order chi connectivity index (χ1) is 13.0. The standard InChI is InChI=1S/C20H19ClN2O3S/c21-17-8-6-15(7-9-17)14-27(24,25)23-12-10-18(13-23)26-19-5-1-3-16-4-2-11-22-20(16)19/h1-9,11,18H,10,12-14H2. The fourth-order valence-corrected chi connectivity index (χ4v) is 4.98. The van der Waals surface area contributed by atoms with Gasteiger partial charge in [0.2, 0.25) is 10.0 Å². The molecule has 0 bridgehead atoms. The van der Waals surface area contributed by atoms with Gasteiger partial charge in [-0.1, -0.05) is 41.9 Å². The summed E-state index contributed by atoms with van der Waals surface area (Å²) in [6, 6.07) is 16.5. The van der Waals surface area contributed by atoms with Crippen molar-refractivity contribution in [1.82, 2.24) is 9.29 Å². The molecule has 5 nitrogen and oxygen atoms in total. The second-order valence-corrected chi connectivity index (χ2v) is 9.01. The molecule has 0 aliphatic carbocycles. The van der Waals surface area contributed by atoms with Crippen LogP contribution in [0.1, 0.15) is 12.0 Å². The van der Waals surface area contributed by atoms with Crippen LogP contribution in [0.4, 0.5) is 0 Å². The van der Waals surface area contributed by atoms with E-state index in [0.717, 1.165) is 16.5 Å². The molecule has 1 atom stereocenters. The van der Waals surface area contributed by atoms with Gasteiger partial charge in [-0.3, -0.25) is 4.98 Å². The number of sulfonamides is 1. The van der Waals surface area contributed by atoms with Gasteiger partial charge in [-0.05, 0) is 36.2 Å². The molecule has 2 heterocycles. The van der Waals surface area contributed by atoms with Crippen LogP contribution in [0.5, 0.6) is 5.75 Å². The molecule has 2 aromatic carbocycles. The number of benzene rings is 2. The second kappa shape index (κ2) is 7.46. The van der Waals surface area contributed by atoms with Gasteiger partial charge in [-0.15, -0.1) is 0 Å². The van der Waals surface area contributed by atoms with E-state index in [-0.39, 0.29) is 11.9 Å². The third kappa shape index (κ3) is 4.08. The van der Waals surface area contributed by atoms with Crippen LogP contribution in [0, 0.1) is 0 Å². The van der Waals surface area contributed by atoms with Crippen LogP contribution in [-0.4, -0.2) is 36.9 Å². The number of nitrogens with zero attached hydrogens (tertiary/aromatic N) is 2. The minimum absolute atomic E-state index is 0.0350. The summed E-state index contributed by atoms with van der Waals surface area (Å²) in [5.41, 5.74) is 1.52. The van der Waals surface area contributed by atoms with Crippen molar-refractivity contribution < 1.29 is 13.2 Å². The van der Waals surface area contributed by atoms with E-state index in [9.17, 15) is 8.42 Å². The first-order valence-corrected chi connectivity index (χ1v) is 10.7. The zero-order chi connectivity index (χ0) is 18.9. The van der Waals surface area contributed by atoms with Crippen LogP contribution in [0.25, 0.3) is 10.9 Å². The van der Waals surface area contributed by atoms with Crippen LogP contribution in [-0.2, 0) is 15.8 Å². The van der Waals surface area contributed by atoms with Gasteiger partial charge in [-0.25, -0.2) is 8.42 Å². The highest BCUT2D eigenvalue weighted by Gasteiger charge is 2.32. The Morgan fingerprint density at radius 2 is 1.89 bits per heavy atom. The van der Waals surface area contributed by atoms with Crippen LogP contribution in [0.15, 0.2) is 60.8 Å². The van der Waals surface area contributed by atoms with Gasteiger partial charge < -0.3 is 4.74 Å². The summed E-state index contributed by atoms with van der Waals surface area (Å²) in [6.45, 7) is 0.804. The van der Waals surface area contributed by atoms with Crippen LogP contribution >= 0.6 is 11.6 Å². The number of para-hydroxylation sites is 1. The molecule has 1 aromatic heterocycles. The zero-order valence-electron chi connectivity index (χ0n) is 14.6. The van der Waals surface area contributed by atoms with Crippen molar-refractivity contribution in [2.24, 2.45) is 0 Å². The molecule has 0 radical (unpaired) electrons. The number of fused-ring (bicyclic) bond motifs is 1. The Morgan fingerprint density at radius 1 is 1.11 bits per heavy atom. The topological polar surface area (TPSA) is 59.5 Å². The Labute approximate surface area is 163 Å². The molecule has 1 aliphatic heterocycles. The molecule has 0 amide bonds. The van der Waals surface area contributed by atoms with Gasteiger partial charge in [0.05, 0.1) is 12.3 Å². The Bertz CT molecular complexity index is 1050. The molecule has 140 valence electrons. The molecule has 0 spiro atoms. The molecule has 1 aliphatic rings. The highest BCUT2D eigenvalue weighted by molar-refractivity contribution is 7.88. The Kier molecular flexibility index (Phi) is 5.04. The van der Waals surface area contributed by atoms with E-state index in [4.69, 9.17) is 16.3 Å². The van der Waals surface area contributed by atoms with Gasteiger partial charge in [-0.2, -0.15) is 4.31 Å². The number of aromatic nitrogens is 1. The Morgan fingerprint density at radius 3 is 2.70 bits per heavy atom. The highest BCUT2D eigenvalue weighted by Crippen LogP contribution is 2.27. The third-order valence-corrected chi connectivity index (χ3v) is 6.72. The normalized spacial score (nSPS) is 18.0. The maximum atomic E-state index is 12.7. The average Bonchev–Trinajstić information content (AvgIpc) is 3.13. The van der Waals surface area contributed by atoms with Crippen molar-refractivity contribution in [3.05, 3.63) is 71.4 Å². The van der Waals surface area contributed by atoms with E-state index >= 15 is 0 Å². The lowest BCUT2D eigenvalue weighted by molar-refractivity contribution is 0.218. The maximum Gasteiger partial charge on any atom is 0.218 e. The lowest BCUT2D eigenvalue weighted by Crippen LogP contribution is -2.32. The summed E-state index contributed by atoms with van der Waals surface area (Å²) in [4.78, 5) is 4.39. The summed E-state index contributed by atoms with van der Waals surface area (Å²) in [5.74, 6) is 0.655. The van der Waals surface area contributed by atoms with E-state index in [1.807, 2.05) is 30.3 Å². The quantitative estimate of drug-likeness (QED) is 0.650. The van der Waals surface area contributed by atoms with Gasteiger partial charge >= 0.3 is 0 Å². The number of pyridine rings is 1. The summed E-state index contributed by atoms with van der Waals surface area (Å²) >= 11 is 5.87. The van der Waals surface area contributed by atoms with E-state index in [2.05, 4.69) is 4.98 Å². The number of hydrogen-bond acceptors (Lipinski definition) is 4. The van der Waals surface area contributed by atoms with Crippen molar-refractivity contribution in [2.75, 3.05) is 13.1 Å². The molecular weight excluding hydrogens is 384 g/mol. The molecule has 4 rings (SSSR count). The summed E-state index contributed by atoms with van der Waals surface area (Å²) in [6.07, 6.45) is 2.20. The predicted octanol–water partition coefficient (Wildman–Crippen LogP) is 3.87. The van der Waals surface area contributed by atoms with Crippen LogP contribution < -0.4 is 4.74 Å². The predicted molar refractivity (Wildman–Crippen MR) is 106 cm³/mol. The SMILES string of the molecule is O=S(=O)(Cc1ccc(Cl)cc1)N1CCC(Oc2cccc3cccnc23)C1. The van der Waals surface area contributed by atoms with Crippen molar-refractivity contribution in [3.63, 3.8) is 0 Å². The third-order valence-electron chi connectivity index (χ3n) is 4.65. The van der Waals surface area contributed by atoms with E-state index in [1.165, 1.54) is 4.31 Å². The van der Waals surface area contributed by atoms with E-state index in [1.54, 1.807) is 30.5 Å². The van der Waals surface area contributed by atoms with Gasteiger partial charge in [0, 0.05) is 23.2 Å². The number of ether oxygens (including phenoxy) is 1. The number of hydrogen-bond donors (Lipinski definition) is 0. The van der Waals surface area contributed by atoms with Crippen molar-refractivity contribution >= 4 is 32.5 Å².